The monoisotopic (exact) mass is 210 g/mol. The molecule has 2 rings (SSSR count). The summed E-state index contributed by atoms with van der Waals surface area (Å²) < 4.78 is 0. The summed E-state index contributed by atoms with van der Waals surface area (Å²) in [7, 11) is 0. The SMILES string of the molecule is CCNCC1CCC2(CC1)CN(CC)C2. The molecule has 0 amide bonds. The van der Waals surface area contributed by atoms with Crippen molar-refractivity contribution in [2.75, 3.05) is 32.7 Å². The summed E-state index contributed by atoms with van der Waals surface area (Å²) in [5.41, 5.74) is 0.749. The molecule has 0 radical (unpaired) electrons. The van der Waals surface area contributed by atoms with Crippen LogP contribution in [0.5, 0.6) is 0 Å². The van der Waals surface area contributed by atoms with Crippen molar-refractivity contribution in [3.8, 4) is 0 Å². The van der Waals surface area contributed by atoms with Gasteiger partial charge in [0.05, 0.1) is 0 Å². The fourth-order valence-corrected chi connectivity index (χ4v) is 3.28. The van der Waals surface area contributed by atoms with Gasteiger partial charge >= 0.3 is 0 Å². The van der Waals surface area contributed by atoms with E-state index in [0.29, 0.717) is 0 Å². The number of hydrogen-bond donors (Lipinski definition) is 1. The highest BCUT2D eigenvalue weighted by molar-refractivity contribution is 4.97. The van der Waals surface area contributed by atoms with E-state index in [9.17, 15) is 0 Å². The average molecular weight is 210 g/mol. The molecule has 0 unspecified atom stereocenters. The first-order valence-corrected chi connectivity index (χ1v) is 6.71. The molecule has 1 heterocycles. The van der Waals surface area contributed by atoms with Gasteiger partial charge in [0.25, 0.3) is 0 Å². The lowest BCUT2D eigenvalue weighted by molar-refractivity contribution is -0.0343. The van der Waals surface area contributed by atoms with Crippen LogP contribution in [-0.2, 0) is 0 Å². The van der Waals surface area contributed by atoms with Crippen LogP contribution in [0.2, 0.25) is 0 Å². The van der Waals surface area contributed by atoms with Gasteiger partial charge in [-0.25, -0.2) is 0 Å². The molecule has 0 aromatic rings. The molecule has 88 valence electrons. The maximum absolute atomic E-state index is 3.49. The van der Waals surface area contributed by atoms with E-state index in [1.165, 1.54) is 51.9 Å². The zero-order chi connectivity index (χ0) is 10.7. The van der Waals surface area contributed by atoms with Gasteiger partial charge in [-0.3, -0.25) is 0 Å². The molecule has 2 fully saturated rings. The molecule has 1 saturated heterocycles. The van der Waals surface area contributed by atoms with E-state index in [1.54, 1.807) is 0 Å². The Kier molecular flexibility index (Phi) is 3.68. The Balaban J connectivity index is 1.69. The lowest BCUT2D eigenvalue weighted by Crippen LogP contribution is -2.57. The molecule has 0 aromatic carbocycles. The summed E-state index contributed by atoms with van der Waals surface area (Å²) in [4.78, 5) is 2.59. The average Bonchev–Trinajstić information content (AvgIpc) is 2.24. The zero-order valence-electron chi connectivity index (χ0n) is 10.4. The van der Waals surface area contributed by atoms with Crippen LogP contribution in [-0.4, -0.2) is 37.6 Å². The summed E-state index contributed by atoms with van der Waals surface area (Å²) in [5.74, 6) is 0.964. The molecule has 2 aliphatic rings. The number of nitrogens with one attached hydrogen (secondary N) is 1. The molecule has 2 nitrogen and oxygen atoms in total. The molecular weight excluding hydrogens is 184 g/mol. The Labute approximate surface area is 94.4 Å². The van der Waals surface area contributed by atoms with Crippen molar-refractivity contribution in [2.24, 2.45) is 11.3 Å². The Morgan fingerprint density at radius 3 is 2.40 bits per heavy atom. The van der Waals surface area contributed by atoms with E-state index in [0.717, 1.165) is 17.9 Å². The van der Waals surface area contributed by atoms with Crippen LogP contribution in [0.15, 0.2) is 0 Å². The number of nitrogens with zero attached hydrogens (tertiary/aromatic N) is 1. The second-order valence-electron chi connectivity index (χ2n) is 5.55. The van der Waals surface area contributed by atoms with Gasteiger partial charge in [-0.05, 0) is 56.7 Å². The largest absolute Gasteiger partial charge is 0.317 e. The van der Waals surface area contributed by atoms with Crippen molar-refractivity contribution in [2.45, 2.75) is 39.5 Å². The van der Waals surface area contributed by atoms with Gasteiger partial charge in [-0.2, -0.15) is 0 Å². The number of rotatable bonds is 4. The summed E-state index contributed by atoms with van der Waals surface area (Å²) in [5, 5.41) is 3.49. The van der Waals surface area contributed by atoms with Gasteiger partial charge in [0.2, 0.25) is 0 Å². The van der Waals surface area contributed by atoms with Crippen LogP contribution < -0.4 is 5.32 Å². The van der Waals surface area contributed by atoms with Crippen LogP contribution in [0.3, 0.4) is 0 Å². The summed E-state index contributed by atoms with van der Waals surface area (Å²) >= 11 is 0. The fourth-order valence-electron chi connectivity index (χ4n) is 3.28. The zero-order valence-corrected chi connectivity index (χ0v) is 10.4. The van der Waals surface area contributed by atoms with E-state index in [4.69, 9.17) is 0 Å². The molecule has 1 N–H and O–H groups in total. The fraction of sp³-hybridized carbons (Fsp3) is 1.00. The van der Waals surface area contributed by atoms with Gasteiger partial charge in [0.1, 0.15) is 0 Å². The topological polar surface area (TPSA) is 15.3 Å². The van der Waals surface area contributed by atoms with Crippen LogP contribution in [0.1, 0.15) is 39.5 Å². The van der Waals surface area contributed by atoms with Crippen LogP contribution >= 0.6 is 0 Å². The van der Waals surface area contributed by atoms with Gasteiger partial charge in [0.15, 0.2) is 0 Å². The van der Waals surface area contributed by atoms with Crippen LogP contribution in [0, 0.1) is 11.3 Å². The maximum Gasteiger partial charge on any atom is 0.00504 e. The molecule has 1 saturated carbocycles. The van der Waals surface area contributed by atoms with Crippen molar-refractivity contribution in [3.63, 3.8) is 0 Å². The maximum atomic E-state index is 3.49. The number of hydrogen-bond acceptors (Lipinski definition) is 2. The standard InChI is InChI=1S/C13H26N2/c1-3-14-9-12-5-7-13(8-6-12)10-15(4-2)11-13/h12,14H,3-11H2,1-2H3. The predicted molar refractivity (Wildman–Crippen MR) is 65.0 cm³/mol. The number of likely N-dealkylation sites (tertiary alicyclic amines) is 1. The summed E-state index contributed by atoms with van der Waals surface area (Å²) in [6, 6.07) is 0. The van der Waals surface area contributed by atoms with E-state index >= 15 is 0 Å². The van der Waals surface area contributed by atoms with Gasteiger partial charge < -0.3 is 10.2 Å². The van der Waals surface area contributed by atoms with E-state index < -0.39 is 0 Å². The third-order valence-electron chi connectivity index (χ3n) is 4.41. The van der Waals surface area contributed by atoms with Gasteiger partial charge in [0, 0.05) is 13.1 Å². The van der Waals surface area contributed by atoms with Gasteiger partial charge in [-0.15, -0.1) is 0 Å². The highest BCUT2D eigenvalue weighted by Crippen LogP contribution is 2.45. The van der Waals surface area contributed by atoms with Crippen molar-refractivity contribution < 1.29 is 0 Å². The minimum atomic E-state index is 0.749. The molecule has 1 aliphatic heterocycles. The molecule has 0 aromatic heterocycles. The predicted octanol–water partition coefficient (Wildman–Crippen LogP) is 2.11. The van der Waals surface area contributed by atoms with Crippen molar-refractivity contribution in [3.05, 3.63) is 0 Å². The Morgan fingerprint density at radius 2 is 1.87 bits per heavy atom. The lowest BCUT2D eigenvalue weighted by atomic mass is 9.66. The van der Waals surface area contributed by atoms with E-state index in [1.807, 2.05) is 0 Å². The molecule has 1 spiro atoms. The van der Waals surface area contributed by atoms with Crippen molar-refractivity contribution >= 4 is 0 Å². The molecule has 2 heteroatoms. The first-order chi connectivity index (χ1) is 7.28. The normalized spacial score (nSPS) is 26.8. The van der Waals surface area contributed by atoms with Gasteiger partial charge in [-0.1, -0.05) is 13.8 Å². The summed E-state index contributed by atoms with van der Waals surface area (Å²) in [6.07, 6.45) is 5.90. The Bertz CT molecular complexity index is 187. The van der Waals surface area contributed by atoms with E-state index in [-0.39, 0.29) is 0 Å². The minimum absolute atomic E-state index is 0.749. The third-order valence-corrected chi connectivity index (χ3v) is 4.41. The molecular formula is C13H26N2. The highest BCUT2D eigenvalue weighted by Gasteiger charge is 2.43. The smallest absolute Gasteiger partial charge is 0.00504 e. The van der Waals surface area contributed by atoms with Crippen molar-refractivity contribution in [1.29, 1.82) is 0 Å². The first kappa shape index (κ1) is 11.4. The summed E-state index contributed by atoms with van der Waals surface area (Å²) in [6.45, 7) is 10.9. The minimum Gasteiger partial charge on any atom is -0.317 e. The highest BCUT2D eigenvalue weighted by atomic mass is 15.2. The third kappa shape index (κ3) is 2.54. The van der Waals surface area contributed by atoms with Crippen LogP contribution in [0.25, 0.3) is 0 Å². The second-order valence-corrected chi connectivity index (χ2v) is 5.55. The first-order valence-electron chi connectivity index (χ1n) is 6.71. The second kappa shape index (κ2) is 4.84. The molecule has 0 bridgehead atoms. The molecule has 0 atom stereocenters. The molecule has 1 aliphatic carbocycles. The van der Waals surface area contributed by atoms with Crippen LogP contribution in [0.4, 0.5) is 0 Å². The Morgan fingerprint density at radius 1 is 1.20 bits per heavy atom. The quantitative estimate of drug-likeness (QED) is 0.764. The van der Waals surface area contributed by atoms with E-state index in [2.05, 4.69) is 24.1 Å². The molecule has 15 heavy (non-hydrogen) atoms. The van der Waals surface area contributed by atoms with Crippen molar-refractivity contribution in [1.82, 2.24) is 10.2 Å². The Hall–Kier alpha value is -0.0800. The lowest BCUT2D eigenvalue weighted by Gasteiger charge is -2.53.